The first-order chi connectivity index (χ1) is 7.66. The van der Waals surface area contributed by atoms with E-state index in [9.17, 15) is 4.39 Å². The molecule has 0 saturated heterocycles. The van der Waals surface area contributed by atoms with Gasteiger partial charge in [-0.1, -0.05) is 15.9 Å². The first kappa shape index (κ1) is 11.1. The number of anilines is 1. The quantitative estimate of drug-likeness (QED) is 0.905. The molecule has 0 bridgehead atoms. The van der Waals surface area contributed by atoms with E-state index in [0.717, 1.165) is 10.2 Å². The molecule has 1 atom stereocenters. The highest BCUT2D eigenvalue weighted by atomic mass is 79.9. The highest BCUT2D eigenvalue weighted by molar-refractivity contribution is 9.10. The Balaban J connectivity index is 2.17. The van der Waals surface area contributed by atoms with Gasteiger partial charge in [0.15, 0.2) is 0 Å². The van der Waals surface area contributed by atoms with Gasteiger partial charge in [0, 0.05) is 10.7 Å². The molecule has 1 heterocycles. The molecule has 2 aromatic rings. The Bertz CT molecular complexity index is 470. The number of aromatic nitrogens is 2. The second-order valence-electron chi connectivity index (χ2n) is 3.50. The van der Waals surface area contributed by atoms with Crippen LogP contribution in [0, 0.1) is 5.82 Å². The standard InChI is InChI=1S/C11H11BrFN3/c1-7(10-4-5-14-16-10)15-11-6-8(12)2-3-9(11)13/h2-7,15H,1H3,(H,14,16). The summed E-state index contributed by atoms with van der Waals surface area (Å²) in [5.74, 6) is -0.269. The molecule has 1 aromatic carbocycles. The molecule has 16 heavy (non-hydrogen) atoms. The van der Waals surface area contributed by atoms with Crippen molar-refractivity contribution in [1.29, 1.82) is 0 Å². The fourth-order valence-corrected chi connectivity index (χ4v) is 1.79. The average Bonchev–Trinajstić information content (AvgIpc) is 2.76. The van der Waals surface area contributed by atoms with E-state index in [1.54, 1.807) is 18.3 Å². The summed E-state index contributed by atoms with van der Waals surface area (Å²) >= 11 is 3.31. The van der Waals surface area contributed by atoms with Crippen molar-refractivity contribution in [3.8, 4) is 0 Å². The molecule has 3 nitrogen and oxygen atoms in total. The molecular formula is C11H11BrFN3. The molecule has 5 heteroatoms. The summed E-state index contributed by atoms with van der Waals surface area (Å²) in [5, 5.41) is 9.78. The normalized spacial score (nSPS) is 12.4. The van der Waals surface area contributed by atoms with E-state index in [1.165, 1.54) is 6.07 Å². The lowest BCUT2D eigenvalue weighted by Crippen LogP contribution is -2.08. The maximum Gasteiger partial charge on any atom is 0.146 e. The Kier molecular flexibility index (Phi) is 3.24. The first-order valence-electron chi connectivity index (χ1n) is 4.87. The van der Waals surface area contributed by atoms with Crippen molar-refractivity contribution in [1.82, 2.24) is 10.2 Å². The van der Waals surface area contributed by atoms with Crippen LogP contribution < -0.4 is 5.32 Å². The van der Waals surface area contributed by atoms with Crippen LogP contribution in [0.25, 0.3) is 0 Å². The summed E-state index contributed by atoms with van der Waals surface area (Å²) in [4.78, 5) is 0. The van der Waals surface area contributed by atoms with Gasteiger partial charge in [-0.3, -0.25) is 5.10 Å². The van der Waals surface area contributed by atoms with Crippen LogP contribution in [0.3, 0.4) is 0 Å². The third-order valence-electron chi connectivity index (χ3n) is 2.29. The molecule has 0 fully saturated rings. The smallest absolute Gasteiger partial charge is 0.146 e. The van der Waals surface area contributed by atoms with Crippen molar-refractivity contribution in [2.45, 2.75) is 13.0 Å². The number of halogens is 2. The molecule has 0 radical (unpaired) electrons. The minimum atomic E-state index is -0.269. The fourth-order valence-electron chi connectivity index (χ4n) is 1.43. The highest BCUT2D eigenvalue weighted by Gasteiger charge is 2.09. The van der Waals surface area contributed by atoms with Gasteiger partial charge < -0.3 is 5.32 Å². The van der Waals surface area contributed by atoms with Crippen LogP contribution in [-0.4, -0.2) is 10.2 Å². The maximum atomic E-state index is 13.5. The number of aromatic amines is 1. The minimum absolute atomic E-state index is 0.0219. The number of H-pyrrole nitrogens is 1. The molecule has 0 aliphatic rings. The predicted octanol–water partition coefficient (Wildman–Crippen LogP) is 3.48. The topological polar surface area (TPSA) is 40.7 Å². The van der Waals surface area contributed by atoms with Gasteiger partial charge in [0.25, 0.3) is 0 Å². The summed E-state index contributed by atoms with van der Waals surface area (Å²) in [6, 6.07) is 6.63. The van der Waals surface area contributed by atoms with Crippen LogP contribution in [-0.2, 0) is 0 Å². The van der Waals surface area contributed by atoms with Gasteiger partial charge in [-0.25, -0.2) is 4.39 Å². The maximum absolute atomic E-state index is 13.5. The lowest BCUT2D eigenvalue weighted by atomic mass is 10.2. The van der Waals surface area contributed by atoms with Crippen LogP contribution in [0.2, 0.25) is 0 Å². The number of hydrogen-bond donors (Lipinski definition) is 2. The summed E-state index contributed by atoms with van der Waals surface area (Å²) in [5.41, 5.74) is 1.39. The van der Waals surface area contributed by atoms with Crippen LogP contribution >= 0.6 is 15.9 Å². The van der Waals surface area contributed by atoms with Gasteiger partial charge in [-0.15, -0.1) is 0 Å². The van der Waals surface area contributed by atoms with Crippen molar-refractivity contribution < 1.29 is 4.39 Å². The SMILES string of the molecule is CC(Nc1cc(Br)ccc1F)c1ccn[nH]1. The molecule has 0 aliphatic carbocycles. The van der Waals surface area contributed by atoms with E-state index < -0.39 is 0 Å². The molecule has 1 aromatic heterocycles. The van der Waals surface area contributed by atoms with Crippen LogP contribution in [0.1, 0.15) is 18.7 Å². The zero-order valence-corrected chi connectivity index (χ0v) is 10.3. The van der Waals surface area contributed by atoms with Gasteiger partial charge in [-0.05, 0) is 31.2 Å². The number of nitrogens with zero attached hydrogens (tertiary/aromatic N) is 1. The molecule has 2 N–H and O–H groups in total. The molecule has 0 spiro atoms. The Labute approximate surface area is 101 Å². The molecule has 1 unspecified atom stereocenters. The van der Waals surface area contributed by atoms with E-state index in [0.29, 0.717) is 5.69 Å². The van der Waals surface area contributed by atoms with Gasteiger partial charge in [0.1, 0.15) is 5.82 Å². The third kappa shape index (κ3) is 2.41. The second kappa shape index (κ2) is 4.65. The van der Waals surface area contributed by atoms with Gasteiger partial charge in [-0.2, -0.15) is 5.10 Å². The lowest BCUT2D eigenvalue weighted by Gasteiger charge is -2.14. The summed E-state index contributed by atoms with van der Waals surface area (Å²) in [6.45, 7) is 1.94. The predicted molar refractivity (Wildman–Crippen MR) is 64.7 cm³/mol. The van der Waals surface area contributed by atoms with E-state index in [4.69, 9.17) is 0 Å². The van der Waals surface area contributed by atoms with E-state index >= 15 is 0 Å². The Hall–Kier alpha value is -1.36. The summed E-state index contributed by atoms with van der Waals surface area (Å²) < 4.78 is 14.3. The van der Waals surface area contributed by atoms with Crippen molar-refractivity contribution in [2.24, 2.45) is 0 Å². The second-order valence-corrected chi connectivity index (χ2v) is 4.42. The third-order valence-corrected chi connectivity index (χ3v) is 2.78. The zero-order chi connectivity index (χ0) is 11.5. The lowest BCUT2D eigenvalue weighted by molar-refractivity contribution is 0.626. The Morgan fingerprint density at radius 3 is 2.94 bits per heavy atom. The van der Waals surface area contributed by atoms with Gasteiger partial charge in [0.2, 0.25) is 0 Å². The minimum Gasteiger partial charge on any atom is -0.375 e. The largest absolute Gasteiger partial charge is 0.375 e. The van der Waals surface area contributed by atoms with E-state index in [1.807, 2.05) is 13.0 Å². The van der Waals surface area contributed by atoms with Gasteiger partial charge >= 0.3 is 0 Å². The number of nitrogens with one attached hydrogen (secondary N) is 2. The Morgan fingerprint density at radius 1 is 1.44 bits per heavy atom. The van der Waals surface area contributed by atoms with Gasteiger partial charge in [0.05, 0.1) is 17.4 Å². The first-order valence-corrected chi connectivity index (χ1v) is 5.67. The fraction of sp³-hybridized carbons (Fsp3) is 0.182. The van der Waals surface area contributed by atoms with Crippen molar-refractivity contribution in [2.75, 3.05) is 5.32 Å². The van der Waals surface area contributed by atoms with Crippen LogP contribution in [0.5, 0.6) is 0 Å². The van der Waals surface area contributed by atoms with E-state index in [-0.39, 0.29) is 11.9 Å². The van der Waals surface area contributed by atoms with E-state index in [2.05, 4.69) is 31.4 Å². The molecule has 84 valence electrons. The average molecular weight is 284 g/mol. The molecule has 0 amide bonds. The monoisotopic (exact) mass is 283 g/mol. The highest BCUT2D eigenvalue weighted by Crippen LogP contribution is 2.23. The van der Waals surface area contributed by atoms with Crippen molar-refractivity contribution in [3.05, 3.63) is 46.4 Å². The summed E-state index contributed by atoms with van der Waals surface area (Å²) in [7, 11) is 0. The molecule has 2 rings (SSSR count). The Morgan fingerprint density at radius 2 is 2.25 bits per heavy atom. The number of hydrogen-bond acceptors (Lipinski definition) is 2. The molecule has 0 saturated carbocycles. The number of rotatable bonds is 3. The van der Waals surface area contributed by atoms with Crippen molar-refractivity contribution >= 4 is 21.6 Å². The summed E-state index contributed by atoms with van der Waals surface area (Å²) in [6.07, 6.45) is 1.67. The zero-order valence-electron chi connectivity index (χ0n) is 8.67. The molecular weight excluding hydrogens is 273 g/mol. The number of benzene rings is 1. The van der Waals surface area contributed by atoms with Crippen LogP contribution in [0.15, 0.2) is 34.9 Å². The molecule has 0 aliphatic heterocycles. The van der Waals surface area contributed by atoms with Crippen molar-refractivity contribution in [3.63, 3.8) is 0 Å². The van der Waals surface area contributed by atoms with Crippen LogP contribution in [0.4, 0.5) is 10.1 Å².